The average Bonchev–Trinajstić information content (AvgIpc) is 2.73. The Bertz CT molecular complexity index is 513. The lowest BCUT2D eigenvalue weighted by atomic mass is 10.2. The van der Waals surface area contributed by atoms with Gasteiger partial charge >= 0.3 is 0 Å². The Morgan fingerprint density at radius 3 is 2.94 bits per heavy atom. The number of nitrogens with zero attached hydrogens (tertiary/aromatic N) is 3. The zero-order chi connectivity index (χ0) is 12.3. The molecule has 1 N–H and O–H groups in total. The predicted molar refractivity (Wildman–Crippen MR) is 65.4 cm³/mol. The SMILES string of the molecule is Cn1cnnc1COc1ccc(Br)cc1CO. The van der Waals surface area contributed by atoms with Crippen molar-refractivity contribution in [1.82, 2.24) is 14.8 Å². The van der Waals surface area contributed by atoms with Crippen LogP contribution < -0.4 is 4.74 Å². The molecule has 0 saturated heterocycles. The van der Waals surface area contributed by atoms with Crippen LogP contribution in [0.15, 0.2) is 29.0 Å². The fourth-order valence-corrected chi connectivity index (χ4v) is 1.80. The summed E-state index contributed by atoms with van der Waals surface area (Å²) in [5.74, 6) is 1.38. The van der Waals surface area contributed by atoms with Crippen LogP contribution in [-0.2, 0) is 20.3 Å². The minimum Gasteiger partial charge on any atom is -0.485 e. The molecule has 0 fully saturated rings. The molecule has 2 aromatic rings. The van der Waals surface area contributed by atoms with E-state index < -0.39 is 0 Å². The first kappa shape index (κ1) is 12.1. The van der Waals surface area contributed by atoms with E-state index in [1.807, 2.05) is 25.2 Å². The van der Waals surface area contributed by atoms with E-state index in [9.17, 15) is 5.11 Å². The fourth-order valence-electron chi connectivity index (χ4n) is 1.39. The van der Waals surface area contributed by atoms with Crippen LogP contribution in [-0.4, -0.2) is 19.9 Å². The number of ether oxygens (including phenoxy) is 1. The van der Waals surface area contributed by atoms with Crippen LogP contribution in [0.1, 0.15) is 11.4 Å². The van der Waals surface area contributed by atoms with Crippen molar-refractivity contribution in [3.05, 3.63) is 40.4 Å². The number of aromatic nitrogens is 3. The van der Waals surface area contributed by atoms with Crippen LogP contribution in [0, 0.1) is 0 Å². The molecule has 0 aliphatic carbocycles. The lowest BCUT2D eigenvalue weighted by Crippen LogP contribution is -2.04. The summed E-state index contributed by atoms with van der Waals surface area (Å²) in [5, 5.41) is 16.9. The summed E-state index contributed by atoms with van der Waals surface area (Å²) < 4.78 is 8.30. The molecule has 1 aromatic carbocycles. The molecule has 0 radical (unpaired) electrons. The molecule has 0 saturated carbocycles. The Balaban J connectivity index is 2.11. The van der Waals surface area contributed by atoms with Crippen LogP contribution in [0.5, 0.6) is 5.75 Å². The average molecular weight is 298 g/mol. The van der Waals surface area contributed by atoms with Gasteiger partial charge in [-0.2, -0.15) is 0 Å². The number of benzene rings is 1. The predicted octanol–water partition coefficient (Wildman–Crippen LogP) is 1.65. The Morgan fingerprint density at radius 1 is 1.47 bits per heavy atom. The first-order chi connectivity index (χ1) is 8.20. The van der Waals surface area contributed by atoms with Gasteiger partial charge in [-0.3, -0.25) is 0 Å². The highest BCUT2D eigenvalue weighted by molar-refractivity contribution is 9.10. The van der Waals surface area contributed by atoms with Crippen LogP contribution in [0.25, 0.3) is 0 Å². The van der Waals surface area contributed by atoms with Crippen LogP contribution >= 0.6 is 15.9 Å². The first-order valence-electron chi connectivity index (χ1n) is 5.05. The number of halogens is 1. The normalized spacial score (nSPS) is 10.5. The molecule has 0 bridgehead atoms. The van der Waals surface area contributed by atoms with E-state index in [0.29, 0.717) is 12.4 Å². The van der Waals surface area contributed by atoms with E-state index in [0.717, 1.165) is 15.9 Å². The van der Waals surface area contributed by atoms with Gasteiger partial charge in [-0.15, -0.1) is 10.2 Å². The monoisotopic (exact) mass is 297 g/mol. The summed E-state index contributed by atoms with van der Waals surface area (Å²) in [5.41, 5.74) is 0.738. The van der Waals surface area contributed by atoms with Crippen molar-refractivity contribution >= 4 is 15.9 Å². The molecule has 2 rings (SSSR count). The van der Waals surface area contributed by atoms with Gasteiger partial charge in [-0.25, -0.2) is 0 Å². The van der Waals surface area contributed by atoms with Crippen LogP contribution in [0.2, 0.25) is 0 Å². The maximum atomic E-state index is 9.22. The number of aryl methyl sites for hydroxylation is 1. The van der Waals surface area contributed by atoms with Crippen molar-refractivity contribution in [1.29, 1.82) is 0 Å². The molecule has 0 aliphatic rings. The van der Waals surface area contributed by atoms with Crippen molar-refractivity contribution in [2.45, 2.75) is 13.2 Å². The number of aliphatic hydroxyl groups excluding tert-OH is 1. The Kier molecular flexibility index (Phi) is 3.75. The summed E-state index contributed by atoms with van der Waals surface area (Å²) in [6.07, 6.45) is 1.62. The second-order valence-corrected chi connectivity index (χ2v) is 4.47. The zero-order valence-electron chi connectivity index (χ0n) is 9.30. The third kappa shape index (κ3) is 2.83. The van der Waals surface area contributed by atoms with Crippen molar-refractivity contribution in [2.24, 2.45) is 7.05 Å². The minimum atomic E-state index is -0.0619. The summed E-state index contributed by atoms with van der Waals surface area (Å²) in [6.45, 7) is 0.263. The number of hydrogen-bond acceptors (Lipinski definition) is 4. The highest BCUT2D eigenvalue weighted by Gasteiger charge is 2.06. The molecule has 5 nitrogen and oxygen atoms in total. The highest BCUT2D eigenvalue weighted by atomic mass is 79.9. The number of rotatable bonds is 4. The van der Waals surface area contributed by atoms with E-state index in [4.69, 9.17) is 4.74 Å². The standard InChI is InChI=1S/C11H12BrN3O2/c1-15-7-13-14-11(15)6-17-10-3-2-9(12)4-8(10)5-16/h2-4,7,16H,5-6H2,1H3. The molecular formula is C11H12BrN3O2. The zero-order valence-corrected chi connectivity index (χ0v) is 10.9. The number of aliphatic hydroxyl groups is 1. The molecule has 6 heteroatoms. The van der Waals surface area contributed by atoms with Gasteiger partial charge in [0, 0.05) is 17.1 Å². The Hall–Kier alpha value is -1.40. The lowest BCUT2D eigenvalue weighted by molar-refractivity contribution is 0.254. The molecule has 1 heterocycles. The van der Waals surface area contributed by atoms with E-state index in [1.54, 1.807) is 10.9 Å². The largest absolute Gasteiger partial charge is 0.485 e. The van der Waals surface area contributed by atoms with Gasteiger partial charge in [-0.1, -0.05) is 15.9 Å². The Morgan fingerprint density at radius 2 is 2.29 bits per heavy atom. The van der Waals surface area contributed by atoms with Gasteiger partial charge in [-0.05, 0) is 18.2 Å². The van der Waals surface area contributed by atoms with Gasteiger partial charge in [0.05, 0.1) is 6.61 Å². The third-order valence-corrected chi connectivity index (χ3v) is 2.85. The minimum absolute atomic E-state index is 0.0619. The van der Waals surface area contributed by atoms with Crippen molar-refractivity contribution in [3.63, 3.8) is 0 Å². The fraction of sp³-hybridized carbons (Fsp3) is 0.273. The van der Waals surface area contributed by atoms with Gasteiger partial charge in [0.1, 0.15) is 18.7 Å². The summed E-state index contributed by atoms with van der Waals surface area (Å²) in [4.78, 5) is 0. The molecular weight excluding hydrogens is 286 g/mol. The maximum absolute atomic E-state index is 9.22. The van der Waals surface area contributed by atoms with Crippen molar-refractivity contribution in [2.75, 3.05) is 0 Å². The molecule has 0 aliphatic heterocycles. The smallest absolute Gasteiger partial charge is 0.170 e. The van der Waals surface area contributed by atoms with E-state index in [-0.39, 0.29) is 6.61 Å². The van der Waals surface area contributed by atoms with Crippen LogP contribution in [0.4, 0.5) is 0 Å². The molecule has 0 atom stereocenters. The van der Waals surface area contributed by atoms with Gasteiger partial charge in [0.15, 0.2) is 5.82 Å². The summed E-state index contributed by atoms with van der Waals surface area (Å²) in [7, 11) is 1.85. The topological polar surface area (TPSA) is 60.2 Å². The second kappa shape index (κ2) is 5.29. The molecule has 17 heavy (non-hydrogen) atoms. The maximum Gasteiger partial charge on any atom is 0.170 e. The third-order valence-electron chi connectivity index (χ3n) is 2.35. The van der Waals surface area contributed by atoms with E-state index in [1.165, 1.54) is 0 Å². The molecule has 0 unspecified atom stereocenters. The molecule has 90 valence electrons. The van der Waals surface area contributed by atoms with Crippen LogP contribution in [0.3, 0.4) is 0 Å². The highest BCUT2D eigenvalue weighted by Crippen LogP contribution is 2.23. The van der Waals surface area contributed by atoms with Gasteiger partial charge in [0.25, 0.3) is 0 Å². The molecule has 0 spiro atoms. The summed E-state index contributed by atoms with van der Waals surface area (Å²) >= 11 is 3.35. The van der Waals surface area contributed by atoms with Crippen molar-refractivity contribution < 1.29 is 9.84 Å². The molecule has 1 aromatic heterocycles. The number of hydrogen-bond donors (Lipinski definition) is 1. The second-order valence-electron chi connectivity index (χ2n) is 3.56. The van der Waals surface area contributed by atoms with Gasteiger partial charge in [0.2, 0.25) is 0 Å². The quantitative estimate of drug-likeness (QED) is 0.932. The first-order valence-corrected chi connectivity index (χ1v) is 5.85. The van der Waals surface area contributed by atoms with E-state index >= 15 is 0 Å². The van der Waals surface area contributed by atoms with Crippen molar-refractivity contribution in [3.8, 4) is 5.75 Å². The van der Waals surface area contributed by atoms with E-state index in [2.05, 4.69) is 26.1 Å². The lowest BCUT2D eigenvalue weighted by Gasteiger charge is -2.09. The molecule has 0 amide bonds. The van der Waals surface area contributed by atoms with Gasteiger partial charge < -0.3 is 14.4 Å². The Labute approximate surface area is 107 Å². The summed E-state index contributed by atoms with van der Waals surface area (Å²) in [6, 6.07) is 5.50.